The average Bonchev–Trinajstić information content (AvgIpc) is 2.41. The summed E-state index contributed by atoms with van der Waals surface area (Å²) in [7, 11) is 0. The second kappa shape index (κ2) is 5.87. The van der Waals surface area contributed by atoms with Gasteiger partial charge >= 0.3 is 0 Å². The topological polar surface area (TPSA) is 39.2 Å². The van der Waals surface area contributed by atoms with Crippen LogP contribution in [0.2, 0.25) is 0 Å². The highest BCUT2D eigenvalue weighted by molar-refractivity contribution is 5.92. The van der Waals surface area contributed by atoms with Crippen LogP contribution in [0.5, 0.6) is 11.5 Å². The fourth-order valence-corrected chi connectivity index (χ4v) is 1.86. The molecule has 2 aromatic rings. The Balaban J connectivity index is 2.25. The Labute approximate surface area is 119 Å². The number of hydrogen-bond acceptors (Lipinski definition) is 3. The molecular weight excluding hydrogens is 250 g/mol. The number of hydrogen-bond donors (Lipinski definition) is 0. The fraction of sp³-hybridized carbons (Fsp3) is 0.294. The molecule has 0 unspecified atom stereocenters. The highest BCUT2D eigenvalue weighted by Crippen LogP contribution is 2.28. The van der Waals surface area contributed by atoms with E-state index in [-0.39, 0.29) is 5.78 Å². The number of ether oxygens (including phenoxy) is 1. The van der Waals surface area contributed by atoms with E-state index in [4.69, 9.17) is 4.74 Å². The maximum atomic E-state index is 11.2. The summed E-state index contributed by atoms with van der Waals surface area (Å²) in [6.45, 7) is 7.81. The molecule has 0 aliphatic rings. The van der Waals surface area contributed by atoms with Crippen LogP contribution in [0.4, 0.5) is 0 Å². The SMILES string of the molecule is CC(=O)c1ccc(Oc2cc(C(C)C)ccc2C)cn1. The van der Waals surface area contributed by atoms with Crippen molar-refractivity contribution in [2.45, 2.75) is 33.6 Å². The molecule has 0 atom stereocenters. The van der Waals surface area contributed by atoms with Gasteiger partial charge in [0.25, 0.3) is 0 Å². The Morgan fingerprint density at radius 2 is 1.95 bits per heavy atom. The van der Waals surface area contributed by atoms with Crippen LogP contribution in [0, 0.1) is 6.92 Å². The van der Waals surface area contributed by atoms with Gasteiger partial charge in [0, 0.05) is 6.92 Å². The lowest BCUT2D eigenvalue weighted by molar-refractivity contribution is 0.101. The van der Waals surface area contributed by atoms with Crippen molar-refractivity contribution in [3.8, 4) is 11.5 Å². The van der Waals surface area contributed by atoms with Gasteiger partial charge in [0.15, 0.2) is 5.78 Å². The lowest BCUT2D eigenvalue weighted by Gasteiger charge is -2.12. The number of pyridine rings is 1. The lowest BCUT2D eigenvalue weighted by atomic mass is 10.0. The van der Waals surface area contributed by atoms with E-state index in [0.29, 0.717) is 17.4 Å². The third-order valence-corrected chi connectivity index (χ3v) is 3.20. The Morgan fingerprint density at radius 3 is 2.50 bits per heavy atom. The molecule has 0 spiro atoms. The summed E-state index contributed by atoms with van der Waals surface area (Å²) in [5.41, 5.74) is 2.76. The van der Waals surface area contributed by atoms with Crippen molar-refractivity contribution in [2.75, 3.05) is 0 Å². The van der Waals surface area contributed by atoms with Crippen LogP contribution in [-0.4, -0.2) is 10.8 Å². The number of rotatable bonds is 4. The second-order valence-corrected chi connectivity index (χ2v) is 5.22. The van der Waals surface area contributed by atoms with E-state index in [1.807, 2.05) is 6.92 Å². The summed E-state index contributed by atoms with van der Waals surface area (Å²) in [4.78, 5) is 15.3. The predicted molar refractivity (Wildman–Crippen MR) is 79.6 cm³/mol. The van der Waals surface area contributed by atoms with Gasteiger partial charge in [-0.3, -0.25) is 4.79 Å². The number of ketones is 1. The van der Waals surface area contributed by atoms with Gasteiger partial charge in [-0.25, -0.2) is 4.98 Å². The van der Waals surface area contributed by atoms with Gasteiger partial charge in [0.1, 0.15) is 17.2 Å². The molecule has 1 aromatic heterocycles. The van der Waals surface area contributed by atoms with Crippen molar-refractivity contribution in [3.05, 3.63) is 53.3 Å². The van der Waals surface area contributed by atoms with Crippen molar-refractivity contribution in [3.63, 3.8) is 0 Å². The first-order chi connectivity index (χ1) is 9.47. The molecule has 0 fully saturated rings. The summed E-state index contributed by atoms with van der Waals surface area (Å²) in [6.07, 6.45) is 1.58. The van der Waals surface area contributed by atoms with Crippen molar-refractivity contribution in [1.82, 2.24) is 4.98 Å². The van der Waals surface area contributed by atoms with E-state index in [2.05, 4.69) is 37.0 Å². The van der Waals surface area contributed by atoms with Gasteiger partial charge in [-0.15, -0.1) is 0 Å². The molecule has 0 radical (unpaired) electrons. The first-order valence-electron chi connectivity index (χ1n) is 6.72. The summed E-state index contributed by atoms with van der Waals surface area (Å²) in [5, 5.41) is 0. The van der Waals surface area contributed by atoms with Crippen LogP contribution in [-0.2, 0) is 0 Å². The first-order valence-corrected chi connectivity index (χ1v) is 6.72. The first kappa shape index (κ1) is 14.3. The van der Waals surface area contributed by atoms with Gasteiger partial charge in [-0.2, -0.15) is 0 Å². The van der Waals surface area contributed by atoms with Crippen LogP contribution in [0.25, 0.3) is 0 Å². The normalized spacial score (nSPS) is 10.7. The number of carbonyl (C=O) groups is 1. The average molecular weight is 269 g/mol. The standard InChI is InChI=1S/C17H19NO2/c1-11(2)14-6-5-12(3)17(9-14)20-15-7-8-16(13(4)19)18-10-15/h5-11H,1-4H3. The van der Waals surface area contributed by atoms with Crippen molar-refractivity contribution < 1.29 is 9.53 Å². The molecule has 20 heavy (non-hydrogen) atoms. The minimum Gasteiger partial charge on any atom is -0.455 e. The molecule has 0 N–H and O–H groups in total. The Kier molecular flexibility index (Phi) is 4.18. The second-order valence-electron chi connectivity index (χ2n) is 5.22. The molecule has 1 aromatic carbocycles. The quantitative estimate of drug-likeness (QED) is 0.767. The smallest absolute Gasteiger partial charge is 0.178 e. The highest BCUT2D eigenvalue weighted by atomic mass is 16.5. The van der Waals surface area contributed by atoms with Crippen molar-refractivity contribution in [2.24, 2.45) is 0 Å². The predicted octanol–water partition coefficient (Wildman–Crippen LogP) is 4.51. The van der Waals surface area contributed by atoms with E-state index in [1.54, 1.807) is 18.3 Å². The summed E-state index contributed by atoms with van der Waals surface area (Å²) < 4.78 is 5.86. The zero-order valence-electron chi connectivity index (χ0n) is 12.3. The molecule has 3 heteroatoms. The Hall–Kier alpha value is -2.16. The number of benzene rings is 1. The molecule has 104 valence electrons. The summed E-state index contributed by atoms with van der Waals surface area (Å²) in [6, 6.07) is 9.68. The fourth-order valence-electron chi connectivity index (χ4n) is 1.86. The van der Waals surface area contributed by atoms with Crippen LogP contribution in [0.1, 0.15) is 48.3 Å². The highest BCUT2D eigenvalue weighted by Gasteiger charge is 2.07. The maximum Gasteiger partial charge on any atom is 0.178 e. The van der Waals surface area contributed by atoms with E-state index >= 15 is 0 Å². The molecule has 0 bridgehead atoms. The third-order valence-electron chi connectivity index (χ3n) is 3.20. The van der Waals surface area contributed by atoms with Crippen LogP contribution >= 0.6 is 0 Å². The molecule has 1 heterocycles. The van der Waals surface area contributed by atoms with Crippen LogP contribution < -0.4 is 4.74 Å². The van der Waals surface area contributed by atoms with Crippen LogP contribution in [0.3, 0.4) is 0 Å². The van der Waals surface area contributed by atoms with E-state index in [1.165, 1.54) is 12.5 Å². The minimum absolute atomic E-state index is 0.0467. The van der Waals surface area contributed by atoms with Crippen LogP contribution in [0.15, 0.2) is 36.5 Å². The zero-order valence-corrected chi connectivity index (χ0v) is 12.3. The molecule has 0 aliphatic heterocycles. The molecule has 3 nitrogen and oxygen atoms in total. The molecule has 2 rings (SSSR count). The molecule has 0 amide bonds. The Morgan fingerprint density at radius 1 is 1.20 bits per heavy atom. The molecule has 0 saturated carbocycles. The lowest BCUT2D eigenvalue weighted by Crippen LogP contribution is -1.97. The number of nitrogens with zero attached hydrogens (tertiary/aromatic N) is 1. The molecule has 0 saturated heterocycles. The monoisotopic (exact) mass is 269 g/mol. The van der Waals surface area contributed by atoms with E-state index in [0.717, 1.165) is 11.3 Å². The summed E-state index contributed by atoms with van der Waals surface area (Å²) >= 11 is 0. The van der Waals surface area contributed by atoms with Gasteiger partial charge in [0.05, 0.1) is 6.20 Å². The van der Waals surface area contributed by atoms with E-state index in [9.17, 15) is 4.79 Å². The van der Waals surface area contributed by atoms with E-state index < -0.39 is 0 Å². The van der Waals surface area contributed by atoms with Gasteiger partial charge in [-0.1, -0.05) is 26.0 Å². The number of carbonyl (C=O) groups excluding carboxylic acids is 1. The minimum atomic E-state index is -0.0467. The number of aryl methyl sites for hydroxylation is 1. The number of aromatic nitrogens is 1. The number of Topliss-reactive ketones (excluding diaryl/α,β-unsaturated/α-hetero) is 1. The third kappa shape index (κ3) is 3.23. The molecule has 0 aliphatic carbocycles. The zero-order chi connectivity index (χ0) is 14.7. The largest absolute Gasteiger partial charge is 0.455 e. The van der Waals surface area contributed by atoms with Gasteiger partial charge in [0.2, 0.25) is 0 Å². The van der Waals surface area contributed by atoms with Crippen molar-refractivity contribution in [1.29, 1.82) is 0 Å². The Bertz CT molecular complexity index is 615. The maximum absolute atomic E-state index is 11.2. The van der Waals surface area contributed by atoms with Crippen molar-refractivity contribution >= 4 is 5.78 Å². The summed E-state index contributed by atoms with van der Waals surface area (Å²) in [5.74, 6) is 1.87. The van der Waals surface area contributed by atoms with Gasteiger partial charge in [-0.05, 0) is 42.2 Å². The van der Waals surface area contributed by atoms with Gasteiger partial charge < -0.3 is 4.74 Å². The molecular formula is C17H19NO2.